The van der Waals surface area contributed by atoms with E-state index in [-0.39, 0.29) is 0 Å². The maximum absolute atomic E-state index is 6.44. The Morgan fingerprint density at radius 3 is 2.05 bits per heavy atom. The fraction of sp³-hybridized carbons (Fsp3) is 1.00. The minimum atomic E-state index is 0.359. The van der Waals surface area contributed by atoms with E-state index in [9.17, 15) is 0 Å². The van der Waals surface area contributed by atoms with Crippen LogP contribution in [0.5, 0.6) is 0 Å². The average molecular weight is 280 g/mol. The van der Waals surface area contributed by atoms with E-state index in [4.69, 9.17) is 10.5 Å². The molecule has 0 radical (unpaired) electrons. The molecule has 3 heteroatoms. The van der Waals surface area contributed by atoms with Crippen LogP contribution in [-0.2, 0) is 4.74 Å². The van der Waals surface area contributed by atoms with Gasteiger partial charge in [-0.1, -0.05) is 38.5 Å². The molecule has 3 aliphatic carbocycles. The molecule has 3 saturated carbocycles. The highest BCUT2D eigenvalue weighted by Crippen LogP contribution is 2.29. The minimum absolute atomic E-state index is 0.359. The largest absolute Gasteiger partial charge is 0.373 e. The monoisotopic (exact) mass is 280 g/mol. The van der Waals surface area contributed by atoms with Crippen LogP contribution in [0.15, 0.2) is 0 Å². The molecule has 0 aromatic rings. The van der Waals surface area contributed by atoms with E-state index in [0.29, 0.717) is 30.3 Å². The SMILES string of the molecule is N[C@H]1CCCC[C@H]1N[C@@H]1CCCC[C@@H]1OC1CCCC1. The van der Waals surface area contributed by atoms with Crippen molar-refractivity contribution in [3.63, 3.8) is 0 Å². The molecule has 4 atom stereocenters. The summed E-state index contributed by atoms with van der Waals surface area (Å²) in [5.74, 6) is 0. The molecule has 0 heterocycles. The summed E-state index contributed by atoms with van der Waals surface area (Å²) in [6.45, 7) is 0. The van der Waals surface area contributed by atoms with Crippen molar-refractivity contribution in [2.45, 2.75) is 107 Å². The number of nitrogens with two attached hydrogens (primary N) is 1. The quantitative estimate of drug-likeness (QED) is 0.832. The van der Waals surface area contributed by atoms with E-state index >= 15 is 0 Å². The maximum atomic E-state index is 6.44. The summed E-state index contributed by atoms with van der Waals surface area (Å²) < 4.78 is 6.44. The maximum Gasteiger partial charge on any atom is 0.0731 e. The van der Waals surface area contributed by atoms with Crippen LogP contribution in [0.25, 0.3) is 0 Å². The zero-order valence-corrected chi connectivity index (χ0v) is 12.9. The van der Waals surface area contributed by atoms with Crippen molar-refractivity contribution in [3.8, 4) is 0 Å². The first-order valence-electron chi connectivity index (χ1n) is 9.00. The van der Waals surface area contributed by atoms with E-state index in [1.807, 2.05) is 0 Å². The van der Waals surface area contributed by atoms with E-state index in [0.717, 1.165) is 0 Å². The average Bonchev–Trinajstić information content (AvgIpc) is 2.96. The first-order valence-corrected chi connectivity index (χ1v) is 9.00. The molecule has 3 nitrogen and oxygen atoms in total. The van der Waals surface area contributed by atoms with Crippen molar-refractivity contribution in [1.82, 2.24) is 5.32 Å². The van der Waals surface area contributed by atoms with Crippen LogP contribution >= 0.6 is 0 Å². The van der Waals surface area contributed by atoms with Crippen LogP contribution in [-0.4, -0.2) is 30.3 Å². The van der Waals surface area contributed by atoms with Gasteiger partial charge in [-0.25, -0.2) is 0 Å². The summed E-state index contributed by atoms with van der Waals surface area (Å²) in [5.41, 5.74) is 6.30. The van der Waals surface area contributed by atoms with E-state index in [2.05, 4.69) is 5.32 Å². The molecule has 0 unspecified atom stereocenters. The van der Waals surface area contributed by atoms with Gasteiger partial charge in [-0.2, -0.15) is 0 Å². The molecule has 0 saturated heterocycles. The van der Waals surface area contributed by atoms with Crippen molar-refractivity contribution in [2.24, 2.45) is 5.73 Å². The molecule has 3 aliphatic rings. The Kier molecular flexibility index (Phi) is 5.36. The van der Waals surface area contributed by atoms with E-state index in [1.165, 1.54) is 77.0 Å². The molecular formula is C17H32N2O. The van der Waals surface area contributed by atoms with E-state index < -0.39 is 0 Å². The molecular weight excluding hydrogens is 248 g/mol. The molecule has 0 bridgehead atoms. The van der Waals surface area contributed by atoms with Gasteiger partial charge in [0.1, 0.15) is 0 Å². The molecule has 0 aliphatic heterocycles. The molecule has 0 aromatic heterocycles. The Bertz CT molecular complexity index is 291. The third kappa shape index (κ3) is 3.75. The van der Waals surface area contributed by atoms with Gasteiger partial charge in [0.15, 0.2) is 0 Å². The van der Waals surface area contributed by atoms with Gasteiger partial charge in [0.25, 0.3) is 0 Å². The van der Waals surface area contributed by atoms with Crippen molar-refractivity contribution >= 4 is 0 Å². The molecule has 0 spiro atoms. The van der Waals surface area contributed by atoms with Crippen molar-refractivity contribution in [2.75, 3.05) is 0 Å². The Morgan fingerprint density at radius 1 is 0.700 bits per heavy atom. The van der Waals surface area contributed by atoms with Crippen molar-refractivity contribution in [3.05, 3.63) is 0 Å². The fourth-order valence-corrected chi connectivity index (χ4v) is 4.36. The highest BCUT2D eigenvalue weighted by molar-refractivity contribution is 4.91. The summed E-state index contributed by atoms with van der Waals surface area (Å²) in [6.07, 6.45) is 16.6. The molecule has 0 amide bonds. The van der Waals surface area contributed by atoms with Crippen LogP contribution in [0.1, 0.15) is 77.0 Å². The van der Waals surface area contributed by atoms with Gasteiger partial charge in [-0.3, -0.25) is 0 Å². The molecule has 3 fully saturated rings. The van der Waals surface area contributed by atoms with Gasteiger partial charge in [0, 0.05) is 18.1 Å². The first-order chi connectivity index (χ1) is 9.83. The Labute approximate surface area is 124 Å². The van der Waals surface area contributed by atoms with Gasteiger partial charge in [0.2, 0.25) is 0 Å². The fourth-order valence-electron chi connectivity index (χ4n) is 4.36. The summed E-state index contributed by atoms with van der Waals surface area (Å²) in [6, 6.07) is 1.44. The normalized spacial score (nSPS) is 40.0. The molecule has 116 valence electrons. The number of hydrogen-bond donors (Lipinski definition) is 2. The lowest BCUT2D eigenvalue weighted by molar-refractivity contribution is -0.0465. The van der Waals surface area contributed by atoms with Crippen LogP contribution in [0.3, 0.4) is 0 Å². The lowest BCUT2D eigenvalue weighted by Gasteiger charge is -2.39. The summed E-state index contributed by atoms with van der Waals surface area (Å²) in [4.78, 5) is 0. The highest BCUT2D eigenvalue weighted by Gasteiger charge is 2.32. The highest BCUT2D eigenvalue weighted by atomic mass is 16.5. The topological polar surface area (TPSA) is 47.3 Å². The Hall–Kier alpha value is -0.120. The van der Waals surface area contributed by atoms with Gasteiger partial charge in [0.05, 0.1) is 12.2 Å². The summed E-state index contributed by atoms with van der Waals surface area (Å²) in [5, 5.41) is 3.88. The second-order valence-electron chi connectivity index (χ2n) is 7.19. The molecule has 3 rings (SSSR count). The third-order valence-corrected chi connectivity index (χ3v) is 5.62. The second-order valence-corrected chi connectivity index (χ2v) is 7.19. The standard InChI is InChI=1S/C17H32N2O/c18-14-9-3-4-10-15(14)19-16-11-5-6-12-17(16)20-13-7-1-2-8-13/h13-17,19H,1-12,18H2/t14-,15+,16+,17-/m0/s1. The van der Waals surface area contributed by atoms with Crippen LogP contribution in [0, 0.1) is 0 Å². The zero-order valence-electron chi connectivity index (χ0n) is 12.9. The smallest absolute Gasteiger partial charge is 0.0731 e. The third-order valence-electron chi connectivity index (χ3n) is 5.62. The summed E-state index contributed by atoms with van der Waals surface area (Å²) >= 11 is 0. The lowest BCUT2D eigenvalue weighted by atomic mass is 9.87. The Morgan fingerprint density at radius 2 is 1.30 bits per heavy atom. The number of ether oxygens (including phenoxy) is 1. The van der Waals surface area contributed by atoms with Crippen molar-refractivity contribution < 1.29 is 4.74 Å². The van der Waals surface area contributed by atoms with Gasteiger partial charge < -0.3 is 15.8 Å². The van der Waals surface area contributed by atoms with Crippen LogP contribution in [0.4, 0.5) is 0 Å². The number of rotatable bonds is 4. The lowest BCUT2D eigenvalue weighted by Crippen LogP contribution is -2.55. The zero-order chi connectivity index (χ0) is 13.8. The minimum Gasteiger partial charge on any atom is -0.373 e. The predicted octanol–water partition coefficient (Wildman–Crippen LogP) is 3.12. The second kappa shape index (κ2) is 7.24. The number of nitrogens with one attached hydrogen (secondary N) is 1. The molecule has 3 N–H and O–H groups in total. The van der Waals surface area contributed by atoms with E-state index in [1.54, 1.807) is 0 Å². The molecule has 0 aromatic carbocycles. The summed E-state index contributed by atoms with van der Waals surface area (Å²) in [7, 11) is 0. The first kappa shape index (κ1) is 14.8. The van der Waals surface area contributed by atoms with Crippen molar-refractivity contribution in [1.29, 1.82) is 0 Å². The van der Waals surface area contributed by atoms with Crippen LogP contribution in [0.2, 0.25) is 0 Å². The number of hydrogen-bond acceptors (Lipinski definition) is 3. The van der Waals surface area contributed by atoms with Gasteiger partial charge in [-0.05, 0) is 38.5 Å². The van der Waals surface area contributed by atoms with Crippen LogP contribution < -0.4 is 11.1 Å². The Balaban J connectivity index is 1.53. The molecule has 20 heavy (non-hydrogen) atoms. The van der Waals surface area contributed by atoms with Gasteiger partial charge >= 0.3 is 0 Å². The predicted molar refractivity (Wildman–Crippen MR) is 82.8 cm³/mol. The van der Waals surface area contributed by atoms with Gasteiger partial charge in [-0.15, -0.1) is 0 Å².